The van der Waals surface area contributed by atoms with Crippen molar-refractivity contribution < 1.29 is 14.7 Å². The summed E-state index contributed by atoms with van der Waals surface area (Å²) < 4.78 is 0. The van der Waals surface area contributed by atoms with Gasteiger partial charge in [0.2, 0.25) is 5.91 Å². The van der Waals surface area contributed by atoms with Crippen LogP contribution in [0.4, 0.5) is 5.69 Å². The van der Waals surface area contributed by atoms with E-state index in [1.807, 2.05) is 4.90 Å². The zero-order valence-electron chi connectivity index (χ0n) is 11.9. The second-order valence-electron chi connectivity index (χ2n) is 4.62. The quantitative estimate of drug-likeness (QED) is 0.723. The molecule has 0 aromatic heterocycles. The van der Waals surface area contributed by atoms with Crippen LogP contribution >= 0.6 is 11.6 Å². The molecule has 1 aromatic carbocycles. The van der Waals surface area contributed by atoms with Crippen LogP contribution in [0, 0.1) is 0 Å². The van der Waals surface area contributed by atoms with Gasteiger partial charge in [-0.1, -0.05) is 31.0 Å². The highest BCUT2D eigenvalue weighted by Gasteiger charge is 2.10. The number of halogens is 1. The number of benzene rings is 1. The topological polar surface area (TPSA) is 83.6 Å². The largest absolute Gasteiger partial charge is 0.478 e. The summed E-state index contributed by atoms with van der Waals surface area (Å²) >= 11 is 6.14. The summed E-state index contributed by atoms with van der Waals surface area (Å²) in [4.78, 5) is 23.5. The van der Waals surface area contributed by atoms with Crippen LogP contribution in [0.2, 0.25) is 5.02 Å². The molecule has 114 valence electrons. The van der Waals surface area contributed by atoms with E-state index in [0.717, 1.165) is 24.6 Å². The van der Waals surface area contributed by atoms with Crippen molar-refractivity contribution in [1.29, 1.82) is 0 Å². The number of anilines is 1. The van der Waals surface area contributed by atoms with E-state index >= 15 is 0 Å². The lowest BCUT2D eigenvalue weighted by atomic mass is 10.1. The number of carbonyl (C=O) groups excluding carboxylic acids is 1. The lowest BCUT2D eigenvalue weighted by Crippen LogP contribution is -2.34. The highest BCUT2D eigenvalue weighted by molar-refractivity contribution is 6.32. The first-order chi connectivity index (χ1) is 9.93. The minimum absolute atomic E-state index is 0.126. The number of carboxylic acid groups (broad SMARTS) is 1. The number of carboxylic acids is 1. The summed E-state index contributed by atoms with van der Waals surface area (Å²) in [6.45, 7) is 2.90. The van der Waals surface area contributed by atoms with Crippen LogP contribution in [0.3, 0.4) is 0 Å². The lowest BCUT2D eigenvalue weighted by Gasteiger charge is -2.23. The smallest absolute Gasteiger partial charge is 0.328 e. The number of unbranched alkanes of at least 4 members (excludes halogenated alkanes) is 1. The molecule has 0 spiro atoms. The molecule has 0 aliphatic rings. The molecule has 5 nitrogen and oxygen atoms in total. The van der Waals surface area contributed by atoms with Gasteiger partial charge in [0.1, 0.15) is 0 Å². The Balaban J connectivity index is 2.96. The monoisotopic (exact) mass is 310 g/mol. The molecule has 0 radical (unpaired) electrons. The van der Waals surface area contributed by atoms with Crippen molar-refractivity contribution in [2.75, 3.05) is 18.0 Å². The molecule has 1 rings (SSSR count). The van der Waals surface area contributed by atoms with Crippen molar-refractivity contribution in [3.8, 4) is 0 Å². The van der Waals surface area contributed by atoms with Crippen LogP contribution in [0.5, 0.6) is 0 Å². The van der Waals surface area contributed by atoms with E-state index in [1.165, 1.54) is 6.08 Å². The molecule has 1 amide bonds. The van der Waals surface area contributed by atoms with Gasteiger partial charge < -0.3 is 15.7 Å². The van der Waals surface area contributed by atoms with Gasteiger partial charge in [-0.25, -0.2) is 4.79 Å². The predicted molar refractivity (Wildman–Crippen MR) is 84.4 cm³/mol. The number of nitrogens with two attached hydrogens (primary N) is 1. The van der Waals surface area contributed by atoms with Crippen LogP contribution in [-0.2, 0) is 9.59 Å². The minimum Gasteiger partial charge on any atom is -0.478 e. The number of carbonyl (C=O) groups is 2. The molecular weight excluding hydrogens is 292 g/mol. The number of amides is 1. The summed E-state index contributed by atoms with van der Waals surface area (Å²) in [6.07, 6.45) is 4.39. The van der Waals surface area contributed by atoms with Gasteiger partial charge in [-0.15, -0.1) is 0 Å². The fraction of sp³-hybridized carbons (Fsp3) is 0.333. The number of primary amides is 1. The number of aliphatic carboxylic acids is 1. The van der Waals surface area contributed by atoms with Gasteiger partial charge in [0.15, 0.2) is 0 Å². The van der Waals surface area contributed by atoms with Gasteiger partial charge in [-0.05, 0) is 30.2 Å². The Morgan fingerprint density at radius 1 is 1.43 bits per heavy atom. The normalized spacial score (nSPS) is 10.8. The van der Waals surface area contributed by atoms with Crippen molar-refractivity contribution in [1.82, 2.24) is 0 Å². The molecule has 0 unspecified atom stereocenters. The van der Waals surface area contributed by atoms with Crippen LogP contribution in [-0.4, -0.2) is 30.1 Å². The van der Waals surface area contributed by atoms with Gasteiger partial charge >= 0.3 is 5.97 Å². The van der Waals surface area contributed by atoms with Crippen molar-refractivity contribution in [2.24, 2.45) is 5.73 Å². The number of nitrogens with zero attached hydrogens (tertiary/aromatic N) is 1. The molecule has 0 bridgehead atoms. The van der Waals surface area contributed by atoms with Crippen LogP contribution in [0.15, 0.2) is 24.3 Å². The number of rotatable bonds is 8. The summed E-state index contributed by atoms with van der Waals surface area (Å²) in [5.74, 6) is -1.44. The van der Waals surface area contributed by atoms with E-state index in [9.17, 15) is 9.59 Å². The fourth-order valence-corrected chi connectivity index (χ4v) is 2.08. The van der Waals surface area contributed by atoms with E-state index in [0.29, 0.717) is 17.1 Å². The molecule has 0 aliphatic carbocycles. The van der Waals surface area contributed by atoms with Crippen LogP contribution in [0.25, 0.3) is 6.08 Å². The third-order valence-corrected chi connectivity index (χ3v) is 3.21. The third kappa shape index (κ3) is 5.87. The highest BCUT2D eigenvalue weighted by Crippen LogP contribution is 2.25. The zero-order valence-corrected chi connectivity index (χ0v) is 12.6. The fourth-order valence-electron chi connectivity index (χ4n) is 1.85. The molecule has 21 heavy (non-hydrogen) atoms. The van der Waals surface area contributed by atoms with Gasteiger partial charge in [-0.3, -0.25) is 4.79 Å². The number of hydrogen-bond donors (Lipinski definition) is 2. The summed E-state index contributed by atoms with van der Waals surface area (Å²) in [5.41, 5.74) is 6.66. The van der Waals surface area contributed by atoms with Crippen molar-refractivity contribution in [3.05, 3.63) is 34.9 Å². The van der Waals surface area contributed by atoms with Gasteiger partial charge in [-0.2, -0.15) is 0 Å². The first-order valence-corrected chi connectivity index (χ1v) is 7.05. The molecule has 0 atom stereocenters. The van der Waals surface area contributed by atoms with Crippen molar-refractivity contribution >= 4 is 35.2 Å². The Morgan fingerprint density at radius 3 is 2.67 bits per heavy atom. The molecule has 0 heterocycles. The molecule has 0 saturated heterocycles. The second-order valence-corrected chi connectivity index (χ2v) is 5.03. The van der Waals surface area contributed by atoms with Crippen molar-refractivity contribution in [3.63, 3.8) is 0 Å². The Kier molecular flexibility index (Phi) is 6.75. The van der Waals surface area contributed by atoms with E-state index in [1.54, 1.807) is 18.2 Å². The Bertz CT molecular complexity index is 544. The maximum absolute atomic E-state index is 11.1. The maximum Gasteiger partial charge on any atom is 0.328 e. The molecule has 0 aliphatic heterocycles. The third-order valence-electron chi connectivity index (χ3n) is 2.88. The van der Waals surface area contributed by atoms with E-state index < -0.39 is 11.9 Å². The summed E-state index contributed by atoms with van der Waals surface area (Å²) in [5, 5.41) is 9.04. The Labute approximate surface area is 129 Å². The van der Waals surface area contributed by atoms with Crippen molar-refractivity contribution in [2.45, 2.75) is 19.8 Å². The highest BCUT2D eigenvalue weighted by atomic mass is 35.5. The van der Waals surface area contributed by atoms with E-state index in [2.05, 4.69) is 6.92 Å². The molecule has 0 fully saturated rings. The Morgan fingerprint density at radius 2 is 2.14 bits per heavy atom. The summed E-state index contributed by atoms with van der Waals surface area (Å²) in [6, 6.07) is 5.23. The predicted octanol–water partition coefficient (Wildman–Crippen LogP) is 2.53. The molecule has 0 saturated carbocycles. The van der Waals surface area contributed by atoms with Gasteiger partial charge in [0.25, 0.3) is 0 Å². The first-order valence-electron chi connectivity index (χ1n) is 6.67. The molecule has 6 heteroatoms. The maximum atomic E-state index is 11.1. The lowest BCUT2D eigenvalue weighted by molar-refractivity contribution is -0.131. The SMILES string of the molecule is CCCCN(CC(N)=O)c1ccc(/C=C/C(=O)O)c(Cl)c1. The minimum atomic E-state index is -1.03. The molecular formula is C15H19ClN2O3. The standard InChI is InChI=1S/C15H19ClN2O3/c1-2-3-8-18(10-14(17)19)12-6-4-11(13(16)9-12)5-7-15(20)21/h4-7,9H,2-3,8,10H2,1H3,(H2,17,19)(H,20,21)/b7-5+. The summed E-state index contributed by atoms with van der Waals surface area (Å²) in [7, 11) is 0. The average Bonchev–Trinajstić information content (AvgIpc) is 2.41. The molecule has 3 N–H and O–H groups in total. The van der Waals surface area contributed by atoms with E-state index in [-0.39, 0.29) is 6.54 Å². The van der Waals surface area contributed by atoms with Crippen LogP contribution < -0.4 is 10.6 Å². The molecule has 1 aromatic rings. The zero-order chi connectivity index (χ0) is 15.8. The van der Waals surface area contributed by atoms with Crippen LogP contribution in [0.1, 0.15) is 25.3 Å². The second kappa shape index (κ2) is 8.32. The average molecular weight is 311 g/mol. The van der Waals surface area contributed by atoms with E-state index in [4.69, 9.17) is 22.4 Å². The number of hydrogen-bond acceptors (Lipinski definition) is 3. The Hall–Kier alpha value is -2.01. The first kappa shape index (κ1) is 17.0. The van der Waals surface area contributed by atoms with Gasteiger partial charge in [0.05, 0.1) is 6.54 Å². The van der Waals surface area contributed by atoms with Gasteiger partial charge in [0, 0.05) is 23.3 Å².